The van der Waals surface area contributed by atoms with E-state index in [2.05, 4.69) is 50.3 Å². The number of allylic oxidation sites excluding steroid dienone is 2. The second kappa shape index (κ2) is 26.3. The Kier molecular flexibility index (Phi) is 25.7. The van der Waals surface area contributed by atoms with E-state index < -0.39 is 0 Å². The molecule has 0 heterocycles. The number of rotatable bonds is 24. The van der Waals surface area contributed by atoms with Crippen molar-refractivity contribution in [2.45, 2.75) is 155 Å². The lowest BCUT2D eigenvalue weighted by Gasteiger charge is -2.07. The summed E-state index contributed by atoms with van der Waals surface area (Å²) in [6.07, 6.45) is 40.0. The molecule has 0 fully saturated rings. The molecule has 0 N–H and O–H groups in total. The van der Waals surface area contributed by atoms with E-state index in [1.165, 1.54) is 141 Å². The van der Waals surface area contributed by atoms with Crippen molar-refractivity contribution in [3.05, 3.63) is 24.6 Å². The largest absolute Gasteiger partial charge is 0.358 e. The summed E-state index contributed by atoms with van der Waals surface area (Å²) in [5.74, 6) is 0. The van der Waals surface area contributed by atoms with Gasteiger partial charge in [0.15, 0.2) is 0 Å². The van der Waals surface area contributed by atoms with E-state index in [-0.39, 0.29) is 0 Å². The lowest BCUT2D eigenvalue weighted by molar-refractivity contribution is 0.555. The summed E-state index contributed by atoms with van der Waals surface area (Å²) in [4.78, 5) is 2.21. The van der Waals surface area contributed by atoms with Crippen molar-refractivity contribution in [1.82, 2.24) is 4.90 Å². The Bertz CT molecular complexity index is 323. The first-order chi connectivity index (χ1) is 14.8. The van der Waals surface area contributed by atoms with Crippen molar-refractivity contribution in [2.24, 2.45) is 0 Å². The SMILES string of the molecule is CCCCCCCCCCCCC=CN(C)C=CCCCCCCCCCCCC. The van der Waals surface area contributed by atoms with Gasteiger partial charge in [-0.25, -0.2) is 0 Å². The molecule has 0 aromatic rings. The van der Waals surface area contributed by atoms with Gasteiger partial charge in [-0.05, 0) is 38.1 Å². The van der Waals surface area contributed by atoms with E-state index in [0.717, 1.165) is 0 Å². The van der Waals surface area contributed by atoms with Crippen LogP contribution >= 0.6 is 0 Å². The molecule has 0 aromatic carbocycles. The molecular formula is C29H57N. The summed E-state index contributed by atoms with van der Waals surface area (Å²) in [5.41, 5.74) is 0. The van der Waals surface area contributed by atoms with Crippen molar-refractivity contribution in [3.63, 3.8) is 0 Å². The summed E-state index contributed by atoms with van der Waals surface area (Å²) in [6, 6.07) is 0. The fourth-order valence-electron chi connectivity index (χ4n) is 4.03. The minimum atomic E-state index is 1.23. The summed E-state index contributed by atoms with van der Waals surface area (Å²) >= 11 is 0. The van der Waals surface area contributed by atoms with Crippen LogP contribution in [0.3, 0.4) is 0 Å². The van der Waals surface area contributed by atoms with Crippen LogP contribution in [0.15, 0.2) is 24.6 Å². The number of nitrogens with zero attached hydrogens (tertiary/aromatic N) is 1. The van der Waals surface area contributed by atoms with Gasteiger partial charge in [-0.15, -0.1) is 0 Å². The van der Waals surface area contributed by atoms with E-state index in [4.69, 9.17) is 0 Å². The second-order valence-corrected chi connectivity index (χ2v) is 9.38. The molecular weight excluding hydrogens is 362 g/mol. The van der Waals surface area contributed by atoms with Crippen molar-refractivity contribution in [3.8, 4) is 0 Å². The third-order valence-corrected chi connectivity index (χ3v) is 6.13. The third-order valence-electron chi connectivity index (χ3n) is 6.13. The van der Waals surface area contributed by atoms with Gasteiger partial charge in [-0.3, -0.25) is 0 Å². The first kappa shape index (κ1) is 29.3. The van der Waals surface area contributed by atoms with Crippen molar-refractivity contribution < 1.29 is 0 Å². The molecule has 1 nitrogen and oxygen atoms in total. The van der Waals surface area contributed by atoms with E-state index in [0.29, 0.717) is 0 Å². The summed E-state index contributed by atoms with van der Waals surface area (Å²) in [5, 5.41) is 0. The van der Waals surface area contributed by atoms with Gasteiger partial charge in [0.25, 0.3) is 0 Å². The maximum Gasteiger partial charge on any atom is 0.0106 e. The molecule has 0 atom stereocenters. The van der Waals surface area contributed by atoms with E-state index in [1.54, 1.807) is 0 Å². The van der Waals surface area contributed by atoms with Crippen LogP contribution in [0, 0.1) is 0 Å². The van der Waals surface area contributed by atoms with Gasteiger partial charge in [0.2, 0.25) is 0 Å². The highest BCUT2D eigenvalue weighted by molar-refractivity contribution is 4.90. The smallest absolute Gasteiger partial charge is 0.0106 e. The topological polar surface area (TPSA) is 3.24 Å². The molecule has 0 unspecified atom stereocenters. The molecule has 1 heteroatoms. The summed E-state index contributed by atoms with van der Waals surface area (Å²) in [6.45, 7) is 4.59. The lowest BCUT2D eigenvalue weighted by Crippen LogP contribution is -1.99. The Labute approximate surface area is 191 Å². The van der Waals surface area contributed by atoms with Gasteiger partial charge >= 0.3 is 0 Å². The second-order valence-electron chi connectivity index (χ2n) is 9.38. The van der Waals surface area contributed by atoms with E-state index in [9.17, 15) is 0 Å². The number of hydrogen-bond donors (Lipinski definition) is 0. The van der Waals surface area contributed by atoms with Gasteiger partial charge in [-0.1, -0.05) is 142 Å². The van der Waals surface area contributed by atoms with Gasteiger partial charge in [-0.2, -0.15) is 0 Å². The highest BCUT2D eigenvalue weighted by atomic mass is 15.0. The van der Waals surface area contributed by atoms with Gasteiger partial charge in [0.1, 0.15) is 0 Å². The lowest BCUT2D eigenvalue weighted by atomic mass is 10.1. The van der Waals surface area contributed by atoms with Crippen molar-refractivity contribution >= 4 is 0 Å². The zero-order valence-corrected chi connectivity index (χ0v) is 21.3. The normalized spacial score (nSPS) is 11.8. The molecule has 0 saturated carbocycles. The molecule has 0 aliphatic carbocycles. The fraction of sp³-hybridized carbons (Fsp3) is 0.862. The van der Waals surface area contributed by atoms with E-state index in [1.807, 2.05) is 0 Å². The quantitative estimate of drug-likeness (QED) is 0.141. The van der Waals surface area contributed by atoms with Gasteiger partial charge in [0, 0.05) is 7.05 Å². The maximum absolute atomic E-state index is 2.34. The molecule has 0 amide bonds. The predicted octanol–water partition coefficient (Wildman–Crippen LogP) is 10.6. The average molecular weight is 420 g/mol. The van der Waals surface area contributed by atoms with Crippen molar-refractivity contribution in [2.75, 3.05) is 7.05 Å². The molecule has 0 saturated heterocycles. The minimum absolute atomic E-state index is 1.23. The van der Waals surface area contributed by atoms with Crippen LogP contribution in [0.2, 0.25) is 0 Å². The molecule has 178 valence electrons. The Morgan fingerprint density at radius 2 is 0.667 bits per heavy atom. The molecule has 0 bridgehead atoms. The van der Waals surface area contributed by atoms with Crippen LogP contribution in [0.25, 0.3) is 0 Å². The molecule has 0 rings (SSSR count). The van der Waals surface area contributed by atoms with Crippen LogP contribution in [0.4, 0.5) is 0 Å². The standard InChI is InChI=1S/C29H57N/c1-4-6-8-10-12-14-16-18-20-22-24-26-28-30(3)29-27-25-23-21-19-17-15-13-11-9-7-5-2/h26-29H,4-25H2,1-3H3. The molecule has 0 spiro atoms. The summed E-state index contributed by atoms with van der Waals surface area (Å²) < 4.78 is 0. The zero-order valence-electron chi connectivity index (χ0n) is 21.3. The Balaban J connectivity index is 3.31. The van der Waals surface area contributed by atoms with Crippen LogP contribution < -0.4 is 0 Å². The average Bonchev–Trinajstić information content (AvgIpc) is 2.75. The first-order valence-corrected chi connectivity index (χ1v) is 13.9. The number of hydrogen-bond acceptors (Lipinski definition) is 1. The van der Waals surface area contributed by atoms with Crippen LogP contribution in [-0.4, -0.2) is 11.9 Å². The summed E-state index contributed by atoms with van der Waals surface area (Å²) in [7, 11) is 2.16. The fourth-order valence-corrected chi connectivity index (χ4v) is 4.03. The Hall–Kier alpha value is -0.720. The van der Waals surface area contributed by atoms with Crippen LogP contribution in [0.1, 0.15) is 155 Å². The van der Waals surface area contributed by atoms with Crippen LogP contribution in [-0.2, 0) is 0 Å². The van der Waals surface area contributed by atoms with Crippen LogP contribution in [0.5, 0.6) is 0 Å². The first-order valence-electron chi connectivity index (χ1n) is 13.9. The zero-order chi connectivity index (χ0) is 22.0. The predicted molar refractivity (Wildman–Crippen MR) is 139 cm³/mol. The number of unbranched alkanes of at least 4 members (excludes halogenated alkanes) is 20. The molecule has 0 radical (unpaired) electrons. The molecule has 0 aromatic heterocycles. The highest BCUT2D eigenvalue weighted by Crippen LogP contribution is 2.12. The maximum atomic E-state index is 2.34. The third kappa shape index (κ3) is 25.3. The monoisotopic (exact) mass is 419 g/mol. The van der Waals surface area contributed by atoms with Gasteiger partial charge in [0.05, 0.1) is 0 Å². The molecule has 0 aliphatic rings. The van der Waals surface area contributed by atoms with Gasteiger partial charge < -0.3 is 4.90 Å². The van der Waals surface area contributed by atoms with Crippen molar-refractivity contribution in [1.29, 1.82) is 0 Å². The minimum Gasteiger partial charge on any atom is -0.358 e. The molecule has 30 heavy (non-hydrogen) atoms. The molecule has 0 aliphatic heterocycles. The highest BCUT2D eigenvalue weighted by Gasteiger charge is 1.93. The Morgan fingerprint density at radius 1 is 0.400 bits per heavy atom. The van der Waals surface area contributed by atoms with E-state index >= 15 is 0 Å². The Morgan fingerprint density at radius 3 is 0.967 bits per heavy atom.